The first-order valence-corrected chi connectivity index (χ1v) is 7.79. The highest BCUT2D eigenvalue weighted by molar-refractivity contribution is 9.10. The third kappa shape index (κ3) is 2.44. The van der Waals surface area contributed by atoms with Crippen LogP contribution < -0.4 is 0 Å². The van der Waals surface area contributed by atoms with Crippen LogP contribution in [0, 0.1) is 6.92 Å². The van der Waals surface area contributed by atoms with Crippen molar-refractivity contribution >= 4 is 22.2 Å². The number of hydrogen-bond acceptors (Lipinski definition) is 2. The van der Waals surface area contributed by atoms with E-state index in [4.69, 9.17) is 5.10 Å². The Morgan fingerprint density at radius 3 is 2.75 bits per heavy atom. The molecule has 1 saturated carbocycles. The van der Waals surface area contributed by atoms with Gasteiger partial charge in [-0.3, -0.25) is 4.79 Å². The minimum Gasteiger partial charge on any atom is -0.298 e. The van der Waals surface area contributed by atoms with Crippen molar-refractivity contribution in [2.75, 3.05) is 0 Å². The molecule has 0 unspecified atom stereocenters. The minimum absolute atomic E-state index is 0.451. The normalized spacial score (nSPS) is 15.7. The molecule has 2 aromatic rings. The SMILES string of the molecule is Cc1cc(Br)ccc1-n1cc(C=O)c(C2CCCC2)n1. The van der Waals surface area contributed by atoms with Crippen LogP contribution in [0.25, 0.3) is 5.69 Å². The average molecular weight is 333 g/mol. The summed E-state index contributed by atoms with van der Waals surface area (Å²) in [5.41, 5.74) is 3.87. The number of aryl methyl sites for hydroxylation is 1. The van der Waals surface area contributed by atoms with Crippen LogP contribution in [-0.2, 0) is 0 Å². The zero-order chi connectivity index (χ0) is 14.1. The number of aromatic nitrogens is 2. The van der Waals surface area contributed by atoms with Crippen LogP contribution in [0.4, 0.5) is 0 Å². The van der Waals surface area contributed by atoms with Crippen molar-refractivity contribution in [2.45, 2.75) is 38.5 Å². The first-order chi connectivity index (χ1) is 9.69. The second kappa shape index (κ2) is 5.52. The number of nitrogens with zero attached hydrogens (tertiary/aromatic N) is 2. The first kappa shape index (κ1) is 13.6. The van der Waals surface area contributed by atoms with Gasteiger partial charge in [0.1, 0.15) is 0 Å². The molecule has 1 aromatic carbocycles. The van der Waals surface area contributed by atoms with Crippen LogP contribution in [0.5, 0.6) is 0 Å². The Hall–Kier alpha value is -1.42. The summed E-state index contributed by atoms with van der Waals surface area (Å²) in [5.74, 6) is 0.451. The average Bonchev–Trinajstić information content (AvgIpc) is 3.07. The Balaban J connectivity index is 2.04. The lowest BCUT2D eigenvalue weighted by Gasteiger charge is -2.07. The van der Waals surface area contributed by atoms with Gasteiger partial charge in [-0.15, -0.1) is 0 Å². The topological polar surface area (TPSA) is 34.9 Å². The van der Waals surface area contributed by atoms with Crippen molar-refractivity contribution in [3.63, 3.8) is 0 Å². The van der Waals surface area contributed by atoms with Gasteiger partial charge in [0, 0.05) is 16.6 Å². The van der Waals surface area contributed by atoms with Crippen molar-refractivity contribution in [2.24, 2.45) is 0 Å². The summed E-state index contributed by atoms with van der Waals surface area (Å²) in [4.78, 5) is 11.3. The van der Waals surface area contributed by atoms with Crippen LogP contribution in [0.1, 0.15) is 53.2 Å². The molecule has 0 N–H and O–H groups in total. The zero-order valence-electron chi connectivity index (χ0n) is 11.5. The second-order valence-corrected chi connectivity index (χ2v) is 6.36. The summed E-state index contributed by atoms with van der Waals surface area (Å²) in [5, 5.41) is 4.69. The summed E-state index contributed by atoms with van der Waals surface area (Å²) in [6, 6.07) is 6.09. The molecule has 0 bridgehead atoms. The summed E-state index contributed by atoms with van der Waals surface area (Å²) in [6.07, 6.45) is 7.58. The second-order valence-electron chi connectivity index (χ2n) is 5.44. The smallest absolute Gasteiger partial charge is 0.153 e. The lowest BCUT2D eigenvalue weighted by molar-refractivity contribution is 0.112. The molecule has 0 amide bonds. The van der Waals surface area contributed by atoms with Crippen LogP contribution in [-0.4, -0.2) is 16.1 Å². The van der Waals surface area contributed by atoms with E-state index in [9.17, 15) is 4.79 Å². The number of carbonyl (C=O) groups excluding carboxylic acids is 1. The largest absolute Gasteiger partial charge is 0.298 e. The van der Waals surface area contributed by atoms with Crippen molar-refractivity contribution in [3.05, 3.63) is 45.7 Å². The van der Waals surface area contributed by atoms with E-state index < -0.39 is 0 Å². The first-order valence-electron chi connectivity index (χ1n) is 7.00. The van der Waals surface area contributed by atoms with E-state index in [0.29, 0.717) is 5.92 Å². The molecule has 0 aliphatic heterocycles. The van der Waals surface area contributed by atoms with Crippen LogP contribution in [0.3, 0.4) is 0 Å². The fourth-order valence-corrected chi connectivity index (χ4v) is 3.48. The highest BCUT2D eigenvalue weighted by Crippen LogP contribution is 2.35. The van der Waals surface area contributed by atoms with Gasteiger partial charge in [-0.05, 0) is 43.5 Å². The van der Waals surface area contributed by atoms with Gasteiger partial charge in [0.15, 0.2) is 6.29 Å². The van der Waals surface area contributed by atoms with E-state index in [2.05, 4.69) is 28.9 Å². The molecule has 4 heteroatoms. The van der Waals surface area contributed by atoms with Crippen molar-refractivity contribution in [1.29, 1.82) is 0 Å². The maximum Gasteiger partial charge on any atom is 0.153 e. The highest BCUT2D eigenvalue weighted by atomic mass is 79.9. The van der Waals surface area contributed by atoms with E-state index >= 15 is 0 Å². The van der Waals surface area contributed by atoms with E-state index in [1.54, 1.807) is 0 Å². The van der Waals surface area contributed by atoms with Gasteiger partial charge >= 0.3 is 0 Å². The molecule has 0 spiro atoms. The number of carbonyl (C=O) groups is 1. The summed E-state index contributed by atoms with van der Waals surface area (Å²) >= 11 is 3.47. The van der Waals surface area contributed by atoms with E-state index in [1.165, 1.54) is 12.8 Å². The van der Waals surface area contributed by atoms with Crippen molar-refractivity contribution in [3.8, 4) is 5.69 Å². The third-order valence-corrected chi connectivity index (χ3v) is 4.54. The number of halogens is 1. The van der Waals surface area contributed by atoms with Gasteiger partial charge in [-0.25, -0.2) is 4.68 Å². The standard InChI is InChI=1S/C16H17BrN2O/c1-11-8-14(17)6-7-15(11)19-9-13(10-20)16(18-19)12-4-2-3-5-12/h6-10,12H,2-5H2,1H3. The zero-order valence-corrected chi connectivity index (χ0v) is 13.1. The summed E-state index contributed by atoms with van der Waals surface area (Å²) < 4.78 is 2.90. The van der Waals surface area contributed by atoms with Gasteiger partial charge in [-0.2, -0.15) is 5.10 Å². The van der Waals surface area contributed by atoms with Gasteiger partial charge in [0.05, 0.1) is 16.9 Å². The monoisotopic (exact) mass is 332 g/mol. The molecular weight excluding hydrogens is 316 g/mol. The Bertz CT molecular complexity index is 642. The van der Waals surface area contributed by atoms with Gasteiger partial charge in [-0.1, -0.05) is 28.8 Å². The highest BCUT2D eigenvalue weighted by Gasteiger charge is 2.23. The molecule has 1 fully saturated rings. The van der Waals surface area contributed by atoms with Crippen molar-refractivity contribution in [1.82, 2.24) is 9.78 Å². The Morgan fingerprint density at radius 2 is 2.10 bits per heavy atom. The quantitative estimate of drug-likeness (QED) is 0.780. The molecule has 20 heavy (non-hydrogen) atoms. The molecule has 104 valence electrons. The molecule has 1 aliphatic carbocycles. The van der Waals surface area contributed by atoms with E-state index in [0.717, 1.165) is 46.1 Å². The van der Waals surface area contributed by atoms with Gasteiger partial charge in [0.25, 0.3) is 0 Å². The number of hydrogen-bond donors (Lipinski definition) is 0. The number of aldehydes is 1. The number of benzene rings is 1. The van der Waals surface area contributed by atoms with Crippen molar-refractivity contribution < 1.29 is 4.79 Å². The Morgan fingerprint density at radius 1 is 1.35 bits per heavy atom. The molecule has 0 saturated heterocycles. The molecule has 1 heterocycles. The van der Waals surface area contributed by atoms with Crippen LogP contribution in [0.2, 0.25) is 0 Å². The molecule has 1 aliphatic rings. The molecule has 1 aromatic heterocycles. The molecule has 0 radical (unpaired) electrons. The predicted octanol–water partition coefficient (Wildman–Crippen LogP) is 4.41. The van der Waals surface area contributed by atoms with Crippen LogP contribution in [0.15, 0.2) is 28.9 Å². The number of rotatable bonds is 3. The molecular formula is C16H17BrN2O. The maximum atomic E-state index is 11.3. The molecule has 3 rings (SSSR count). The Kier molecular flexibility index (Phi) is 3.74. The maximum absolute atomic E-state index is 11.3. The van der Waals surface area contributed by atoms with Gasteiger partial charge < -0.3 is 0 Å². The lowest BCUT2D eigenvalue weighted by atomic mass is 10.0. The third-order valence-electron chi connectivity index (χ3n) is 4.05. The van der Waals surface area contributed by atoms with E-state index in [-0.39, 0.29) is 0 Å². The lowest BCUT2D eigenvalue weighted by Crippen LogP contribution is -2.01. The van der Waals surface area contributed by atoms with E-state index in [1.807, 2.05) is 23.0 Å². The van der Waals surface area contributed by atoms with Crippen LogP contribution >= 0.6 is 15.9 Å². The molecule has 3 nitrogen and oxygen atoms in total. The van der Waals surface area contributed by atoms with Gasteiger partial charge in [0.2, 0.25) is 0 Å². The fraction of sp³-hybridized carbons (Fsp3) is 0.375. The predicted molar refractivity (Wildman–Crippen MR) is 82.6 cm³/mol. The molecule has 0 atom stereocenters. The summed E-state index contributed by atoms with van der Waals surface area (Å²) in [7, 11) is 0. The Labute approximate surface area is 127 Å². The minimum atomic E-state index is 0.451. The summed E-state index contributed by atoms with van der Waals surface area (Å²) in [6.45, 7) is 2.05. The fourth-order valence-electron chi connectivity index (χ4n) is 3.01.